The minimum atomic E-state index is -0.199. The second-order valence-corrected chi connectivity index (χ2v) is 31.0. The Morgan fingerprint density at radius 2 is 0.673 bits per heavy atom. The molecular formula is C76H92Cl8N16O4. The molecule has 556 valence electrons. The van der Waals surface area contributed by atoms with Gasteiger partial charge in [0, 0.05) is 86.2 Å². The highest BCUT2D eigenvalue weighted by Crippen LogP contribution is 2.48. The van der Waals surface area contributed by atoms with Crippen LogP contribution in [0.4, 0.5) is 45.5 Å². The lowest BCUT2D eigenvalue weighted by Crippen LogP contribution is -2.43. The average Bonchev–Trinajstić information content (AvgIpc) is 1.53. The van der Waals surface area contributed by atoms with E-state index in [0.717, 1.165) is 139 Å². The van der Waals surface area contributed by atoms with Crippen molar-refractivity contribution in [3.63, 3.8) is 0 Å². The number of piperidine rings is 3. The van der Waals surface area contributed by atoms with Crippen molar-refractivity contribution in [1.82, 2.24) is 19.9 Å². The molecule has 2 saturated carbocycles. The number of aliphatic hydroxyl groups is 4. The quantitative estimate of drug-likeness (QED) is 0.0403. The van der Waals surface area contributed by atoms with Crippen molar-refractivity contribution >= 4 is 138 Å². The molecule has 8 heterocycles. The molecule has 8 aromatic rings. The molecule has 28 heteroatoms. The summed E-state index contributed by atoms with van der Waals surface area (Å²) in [6.07, 6.45) is 12.1. The molecular weight excluding hydrogens is 1480 g/mol. The van der Waals surface area contributed by atoms with Crippen molar-refractivity contribution in [3.05, 3.63) is 160 Å². The summed E-state index contributed by atoms with van der Waals surface area (Å²) in [7, 11) is 0. The fraction of sp³-hybridized carbons (Fsp3) is 0.421. The highest BCUT2D eigenvalue weighted by Gasteiger charge is 2.46. The monoisotopic (exact) mass is 1570 g/mol. The summed E-state index contributed by atoms with van der Waals surface area (Å²) >= 11 is 49.7. The van der Waals surface area contributed by atoms with Gasteiger partial charge in [-0.05, 0) is 162 Å². The molecule has 4 aromatic carbocycles. The average molecular weight is 1580 g/mol. The fourth-order valence-electron chi connectivity index (χ4n) is 14.9. The van der Waals surface area contributed by atoms with Gasteiger partial charge in [0.2, 0.25) is 0 Å². The third-order valence-corrected chi connectivity index (χ3v) is 24.4. The van der Waals surface area contributed by atoms with E-state index in [0.29, 0.717) is 174 Å². The van der Waals surface area contributed by atoms with Gasteiger partial charge in [-0.25, -0.2) is 19.9 Å². The summed E-state index contributed by atoms with van der Waals surface area (Å²) in [5.41, 5.74) is 62.8. The smallest absolute Gasteiger partial charge is 0.0919 e. The summed E-state index contributed by atoms with van der Waals surface area (Å²) in [5.74, 6) is 2.86. The molecule has 2 unspecified atom stereocenters. The Kier molecular flexibility index (Phi) is 26.8. The number of aliphatic hydroxyl groups excluding tert-OH is 4. The van der Waals surface area contributed by atoms with Crippen LogP contribution in [0, 0.1) is 29.6 Å². The molecule has 20 nitrogen and oxygen atoms in total. The first-order chi connectivity index (χ1) is 50.0. The van der Waals surface area contributed by atoms with Gasteiger partial charge in [-0.15, -0.1) is 0 Å². The Hall–Kier alpha value is -6.12. The number of nitrogens with two attached hydrogens (primary N) is 8. The predicted molar refractivity (Wildman–Crippen MR) is 430 cm³/mol. The fourth-order valence-corrected chi connectivity index (χ4v) is 16.5. The van der Waals surface area contributed by atoms with Crippen molar-refractivity contribution in [3.8, 4) is 45.0 Å². The van der Waals surface area contributed by atoms with E-state index in [2.05, 4.69) is 39.5 Å². The molecule has 20 N–H and O–H groups in total. The first-order valence-corrected chi connectivity index (χ1v) is 38.4. The zero-order chi connectivity index (χ0) is 74.3. The molecule has 4 aliphatic heterocycles. The number of nitrogen functional groups attached to an aromatic ring is 4. The highest BCUT2D eigenvalue weighted by atomic mass is 35.5. The topological polar surface area (TPSA) is 354 Å². The van der Waals surface area contributed by atoms with Crippen molar-refractivity contribution in [2.45, 2.75) is 109 Å². The number of anilines is 8. The molecule has 4 saturated heterocycles. The van der Waals surface area contributed by atoms with Crippen molar-refractivity contribution in [1.29, 1.82) is 0 Å². The Morgan fingerprint density at radius 3 is 0.962 bits per heavy atom. The maximum Gasteiger partial charge on any atom is 0.0919 e. The number of rotatable bonds is 17. The molecule has 2 atom stereocenters. The van der Waals surface area contributed by atoms with E-state index in [4.69, 9.17) is 139 Å². The zero-order valence-corrected chi connectivity index (χ0v) is 63.9. The van der Waals surface area contributed by atoms with Crippen LogP contribution in [0.1, 0.15) is 93.4 Å². The van der Waals surface area contributed by atoms with Crippen LogP contribution in [0.15, 0.2) is 97.1 Å². The minimum absolute atomic E-state index is 0.0584. The summed E-state index contributed by atoms with van der Waals surface area (Å²) in [5, 5.41) is 43.1. The van der Waals surface area contributed by atoms with Gasteiger partial charge in [0.25, 0.3) is 0 Å². The molecule has 0 radical (unpaired) electrons. The molecule has 0 bridgehead atoms. The van der Waals surface area contributed by atoms with Crippen LogP contribution in [-0.2, 0) is 26.4 Å². The summed E-state index contributed by atoms with van der Waals surface area (Å²) in [4.78, 5) is 27.2. The summed E-state index contributed by atoms with van der Waals surface area (Å²) in [6.45, 7) is 7.49. The zero-order valence-electron chi connectivity index (χ0n) is 57.9. The van der Waals surface area contributed by atoms with E-state index in [-0.39, 0.29) is 32.0 Å². The van der Waals surface area contributed by atoms with E-state index in [1.54, 1.807) is 42.5 Å². The molecule has 104 heavy (non-hydrogen) atoms. The lowest BCUT2D eigenvalue weighted by molar-refractivity contribution is 0.275. The third-order valence-electron chi connectivity index (χ3n) is 21.1. The first-order valence-electron chi connectivity index (χ1n) is 35.3. The van der Waals surface area contributed by atoms with Gasteiger partial charge in [-0.3, -0.25) is 0 Å². The van der Waals surface area contributed by atoms with Crippen LogP contribution in [-0.4, -0.2) is 117 Å². The third kappa shape index (κ3) is 18.0. The number of halogens is 8. The standard InChI is InChI=1S/C21H26Cl2N4O.C20H24Cl2N4O.C18H22Cl2N4O.C17H20Cl2N4O/c22-15-3-1-2-14(19(15)23)17-10-16(24)21(18(11-28)26-17)27-8-6-13(7-9-27)20(25)12-4-5-12;21-14-3-1-2-13(18(14)22)16-10-15(23)19(17(11-27)25-16)26-8-4-12(5-9-26)20(24)6-7-20;19-13-3-1-2-12(17(13)20)15-8-14(22)18(16(10-25)23-15)24-6-4-11(9-21)5-7-24;18-12-3-1-2-11(16(12)19)14-6-13(21)17(15(9-24)22-14)23-5-4-10(7-20)8-23/h1-3,10,12-13,20,28H,4-9,11,25H2,(H2,24,26);1-3,10,12,27H,4-9,11,24H2,(H2,23,25);1-3,8,11,25H,4-7,9-10,21H2,(H2,22,23);1-3,6,10,24H,4-5,7-9,20H2,(H2,21,22). The minimum Gasteiger partial charge on any atom is -0.397 e. The molecule has 4 aromatic heterocycles. The van der Waals surface area contributed by atoms with Crippen LogP contribution in [0.5, 0.6) is 0 Å². The van der Waals surface area contributed by atoms with Gasteiger partial charge in [-0.2, -0.15) is 0 Å². The van der Waals surface area contributed by atoms with E-state index in [9.17, 15) is 20.4 Å². The number of hydrogen-bond donors (Lipinski definition) is 12. The predicted octanol–water partition coefficient (Wildman–Crippen LogP) is 14.1. The van der Waals surface area contributed by atoms with Gasteiger partial charge in [0.05, 0.1) is 158 Å². The van der Waals surface area contributed by atoms with Crippen molar-refractivity contribution in [2.24, 2.45) is 52.5 Å². The van der Waals surface area contributed by atoms with Crippen LogP contribution in [0.3, 0.4) is 0 Å². The maximum absolute atomic E-state index is 9.97. The van der Waals surface area contributed by atoms with Crippen LogP contribution in [0.25, 0.3) is 45.0 Å². The van der Waals surface area contributed by atoms with Crippen molar-refractivity contribution < 1.29 is 20.4 Å². The lowest BCUT2D eigenvalue weighted by Gasteiger charge is -2.37. The molecule has 0 amide bonds. The van der Waals surface area contributed by atoms with E-state index in [1.807, 2.05) is 54.6 Å². The second kappa shape index (κ2) is 35.3. The molecule has 6 aliphatic rings. The number of nitrogens with zero attached hydrogens (tertiary/aromatic N) is 8. The van der Waals surface area contributed by atoms with Gasteiger partial charge in [0.15, 0.2) is 0 Å². The number of hydrogen-bond acceptors (Lipinski definition) is 20. The number of aromatic nitrogens is 4. The Morgan fingerprint density at radius 1 is 0.394 bits per heavy atom. The largest absolute Gasteiger partial charge is 0.397 e. The van der Waals surface area contributed by atoms with E-state index < -0.39 is 0 Å². The van der Waals surface area contributed by atoms with Crippen LogP contribution in [0.2, 0.25) is 40.2 Å². The first kappa shape index (κ1) is 78.9. The Bertz CT molecular complexity index is 4320. The van der Waals surface area contributed by atoms with Gasteiger partial charge in [-0.1, -0.05) is 141 Å². The molecule has 14 rings (SSSR count). The lowest BCUT2D eigenvalue weighted by atomic mass is 9.87. The molecule has 6 fully saturated rings. The SMILES string of the molecule is NCC1CCN(c2c(N)cc(-c3cccc(Cl)c3Cl)nc2CO)C1.NCC1CCN(c2c(N)cc(-c3cccc(Cl)c3Cl)nc2CO)CC1.Nc1cc(-c2cccc(Cl)c2Cl)nc(CO)c1N1CCC(C(N)C2CC2)CC1.Nc1cc(-c2cccc(Cl)c2Cl)nc(CO)c1N1CCC(C2(N)CC2)CC1. The number of benzene rings is 4. The normalized spacial score (nSPS) is 17.9. The van der Waals surface area contributed by atoms with Crippen LogP contribution >= 0.6 is 92.8 Å². The van der Waals surface area contributed by atoms with Crippen LogP contribution < -0.4 is 65.5 Å². The van der Waals surface area contributed by atoms with E-state index in [1.165, 1.54) is 12.8 Å². The summed E-state index contributed by atoms with van der Waals surface area (Å²) < 4.78 is 0. The maximum atomic E-state index is 9.97. The summed E-state index contributed by atoms with van der Waals surface area (Å²) in [6, 6.07) is 29.0. The Labute approximate surface area is 648 Å². The molecule has 2 aliphatic carbocycles. The highest BCUT2D eigenvalue weighted by molar-refractivity contribution is 6.45. The molecule has 0 spiro atoms. The van der Waals surface area contributed by atoms with Gasteiger partial charge >= 0.3 is 0 Å². The second-order valence-electron chi connectivity index (χ2n) is 27.8. The van der Waals surface area contributed by atoms with Gasteiger partial charge < -0.3 is 85.9 Å². The van der Waals surface area contributed by atoms with Gasteiger partial charge in [0.1, 0.15) is 0 Å². The Balaban J connectivity index is 0.000000139. The van der Waals surface area contributed by atoms with Crippen molar-refractivity contribution in [2.75, 3.05) is 108 Å². The van der Waals surface area contributed by atoms with E-state index >= 15 is 0 Å². The number of pyridine rings is 4.